The first kappa shape index (κ1) is 11.1. The van der Waals surface area contributed by atoms with Crippen LogP contribution in [0.1, 0.15) is 78.6 Å². The van der Waals surface area contributed by atoms with Crippen molar-refractivity contribution in [3.63, 3.8) is 0 Å². The molecule has 2 atom stereocenters. The summed E-state index contributed by atoms with van der Waals surface area (Å²) in [5.74, 6) is 0. The fourth-order valence-corrected chi connectivity index (χ4v) is 5.27. The number of hydrogen-bond donors (Lipinski definition) is 0. The van der Waals surface area contributed by atoms with E-state index in [9.17, 15) is 0 Å². The third-order valence-electron chi connectivity index (χ3n) is 5.95. The van der Waals surface area contributed by atoms with E-state index in [0.29, 0.717) is 16.6 Å². The number of rotatable bonds is 0. The van der Waals surface area contributed by atoms with Crippen LogP contribution < -0.4 is 0 Å². The van der Waals surface area contributed by atoms with Gasteiger partial charge in [-0.05, 0) is 59.3 Å². The van der Waals surface area contributed by atoms with Crippen LogP contribution in [0.2, 0.25) is 0 Å². The zero-order valence-corrected chi connectivity index (χ0v) is 11.3. The van der Waals surface area contributed by atoms with Crippen molar-refractivity contribution in [3.05, 3.63) is 0 Å². The van der Waals surface area contributed by atoms with Gasteiger partial charge in [-0.15, -0.1) is 0 Å². The smallest absolute Gasteiger partial charge is 0.0193 e. The molecule has 1 heteroatoms. The van der Waals surface area contributed by atoms with Gasteiger partial charge < -0.3 is 0 Å². The van der Waals surface area contributed by atoms with Crippen LogP contribution >= 0.6 is 0 Å². The second kappa shape index (κ2) is 3.25. The third kappa shape index (κ3) is 1.33. The summed E-state index contributed by atoms with van der Waals surface area (Å²) in [7, 11) is 0. The van der Waals surface area contributed by atoms with Gasteiger partial charge in [0.2, 0.25) is 0 Å². The third-order valence-corrected chi connectivity index (χ3v) is 5.95. The van der Waals surface area contributed by atoms with Crippen LogP contribution in [0.3, 0.4) is 0 Å². The minimum absolute atomic E-state index is 0.528. The monoisotopic (exact) mass is 221 g/mol. The Bertz CT molecular complexity index is 274. The Morgan fingerprint density at radius 1 is 0.562 bits per heavy atom. The maximum atomic E-state index is 2.98. The largest absolute Gasteiger partial charge is 0.287 e. The summed E-state index contributed by atoms with van der Waals surface area (Å²) in [4.78, 5) is 2.98. The maximum Gasteiger partial charge on any atom is 0.0193 e. The van der Waals surface area contributed by atoms with Gasteiger partial charge in [-0.3, -0.25) is 4.90 Å². The molecule has 3 heterocycles. The molecule has 2 unspecified atom stereocenters. The summed E-state index contributed by atoms with van der Waals surface area (Å²) in [6.07, 6.45) is 13.0. The highest BCUT2D eigenvalue weighted by atomic mass is 15.4. The Morgan fingerprint density at radius 3 is 1.38 bits per heavy atom. The highest BCUT2D eigenvalue weighted by Crippen LogP contribution is 2.57. The molecule has 3 aliphatic heterocycles. The molecule has 3 saturated heterocycles. The summed E-state index contributed by atoms with van der Waals surface area (Å²) >= 11 is 0. The van der Waals surface area contributed by atoms with Crippen molar-refractivity contribution in [2.45, 2.75) is 95.2 Å². The molecule has 0 spiro atoms. The molecule has 0 radical (unpaired) electrons. The van der Waals surface area contributed by atoms with Gasteiger partial charge in [-0.2, -0.15) is 0 Å². The standard InChI is InChI=1S/C15H27N/c1-13-7-5-4-6-8-14(2)10-12-15(3,11-9-13)16(13)14/h4-12H2,1-3H3. The van der Waals surface area contributed by atoms with Gasteiger partial charge in [-0.25, -0.2) is 0 Å². The van der Waals surface area contributed by atoms with E-state index in [1.807, 2.05) is 0 Å². The van der Waals surface area contributed by atoms with Crippen molar-refractivity contribution >= 4 is 0 Å². The maximum absolute atomic E-state index is 2.98. The molecule has 92 valence electrons. The van der Waals surface area contributed by atoms with Gasteiger partial charge in [0.15, 0.2) is 0 Å². The van der Waals surface area contributed by atoms with E-state index in [1.54, 1.807) is 0 Å². The molecule has 3 rings (SSSR count). The van der Waals surface area contributed by atoms with Crippen molar-refractivity contribution in [1.29, 1.82) is 0 Å². The fraction of sp³-hybridized carbons (Fsp3) is 1.00. The first-order valence-electron chi connectivity index (χ1n) is 7.29. The van der Waals surface area contributed by atoms with Crippen LogP contribution in [0.15, 0.2) is 0 Å². The minimum atomic E-state index is 0.528. The second-order valence-electron chi connectivity index (χ2n) is 7.39. The van der Waals surface area contributed by atoms with E-state index < -0.39 is 0 Å². The van der Waals surface area contributed by atoms with Crippen LogP contribution in [0, 0.1) is 0 Å². The van der Waals surface area contributed by atoms with Gasteiger partial charge in [0.05, 0.1) is 0 Å². The molecule has 0 aliphatic carbocycles. The number of nitrogens with zero attached hydrogens (tertiary/aromatic N) is 1. The van der Waals surface area contributed by atoms with Crippen molar-refractivity contribution in [1.82, 2.24) is 4.90 Å². The average molecular weight is 221 g/mol. The summed E-state index contributed by atoms with van der Waals surface area (Å²) in [5, 5.41) is 0. The Balaban J connectivity index is 2.01. The highest BCUT2D eigenvalue weighted by Gasteiger charge is 2.60. The van der Waals surface area contributed by atoms with Crippen LogP contribution in [-0.2, 0) is 0 Å². The summed E-state index contributed by atoms with van der Waals surface area (Å²) < 4.78 is 0. The van der Waals surface area contributed by atoms with Crippen molar-refractivity contribution < 1.29 is 0 Å². The lowest BCUT2D eigenvalue weighted by atomic mass is 9.81. The molecule has 0 aromatic rings. The van der Waals surface area contributed by atoms with E-state index in [0.717, 1.165) is 0 Å². The predicted molar refractivity (Wildman–Crippen MR) is 68.6 cm³/mol. The molecule has 0 N–H and O–H groups in total. The molecular weight excluding hydrogens is 194 g/mol. The van der Waals surface area contributed by atoms with Crippen LogP contribution in [0.5, 0.6) is 0 Å². The number of hydrogen-bond acceptors (Lipinski definition) is 1. The second-order valence-corrected chi connectivity index (χ2v) is 7.39. The summed E-state index contributed by atoms with van der Waals surface area (Å²) in [6.45, 7) is 7.63. The molecule has 0 aromatic carbocycles. The van der Waals surface area contributed by atoms with Crippen molar-refractivity contribution in [3.8, 4) is 0 Å². The van der Waals surface area contributed by atoms with Gasteiger partial charge >= 0.3 is 0 Å². The van der Waals surface area contributed by atoms with E-state index in [-0.39, 0.29) is 0 Å². The molecule has 3 fully saturated rings. The average Bonchev–Trinajstić information content (AvgIpc) is 2.61. The molecule has 0 amide bonds. The van der Waals surface area contributed by atoms with E-state index in [2.05, 4.69) is 25.7 Å². The van der Waals surface area contributed by atoms with Gasteiger partial charge in [0, 0.05) is 16.6 Å². The van der Waals surface area contributed by atoms with Gasteiger partial charge in [-0.1, -0.05) is 19.3 Å². The van der Waals surface area contributed by atoms with Crippen LogP contribution in [0.4, 0.5) is 0 Å². The quantitative estimate of drug-likeness (QED) is 0.595. The molecule has 16 heavy (non-hydrogen) atoms. The summed E-state index contributed by atoms with van der Waals surface area (Å²) in [5.41, 5.74) is 1.60. The minimum Gasteiger partial charge on any atom is -0.287 e. The molecule has 0 aromatic heterocycles. The molecule has 1 nitrogen and oxygen atoms in total. The lowest BCUT2D eigenvalue weighted by Crippen LogP contribution is -2.57. The van der Waals surface area contributed by atoms with E-state index in [4.69, 9.17) is 0 Å². The molecule has 3 aliphatic rings. The van der Waals surface area contributed by atoms with Gasteiger partial charge in [0.1, 0.15) is 0 Å². The Labute approximate surface area is 101 Å². The molecule has 0 saturated carbocycles. The van der Waals surface area contributed by atoms with Crippen LogP contribution in [-0.4, -0.2) is 21.5 Å². The van der Waals surface area contributed by atoms with E-state index >= 15 is 0 Å². The van der Waals surface area contributed by atoms with E-state index in [1.165, 1.54) is 57.8 Å². The Morgan fingerprint density at radius 2 is 0.938 bits per heavy atom. The van der Waals surface area contributed by atoms with Crippen molar-refractivity contribution in [2.24, 2.45) is 0 Å². The SMILES string of the molecule is CC12CCCCCC3(C)CCC(C)(CC1)N23. The first-order chi connectivity index (χ1) is 7.49. The lowest BCUT2D eigenvalue weighted by Gasteiger charge is -2.50. The zero-order valence-electron chi connectivity index (χ0n) is 11.3. The predicted octanol–water partition coefficient (Wildman–Crippen LogP) is 4.12. The topological polar surface area (TPSA) is 3.24 Å². The van der Waals surface area contributed by atoms with Crippen LogP contribution in [0.25, 0.3) is 0 Å². The van der Waals surface area contributed by atoms with Gasteiger partial charge in [0.25, 0.3) is 0 Å². The Hall–Kier alpha value is -0.0400. The molecular formula is C15H27N. The normalized spacial score (nSPS) is 53.4. The first-order valence-corrected chi connectivity index (χ1v) is 7.29. The highest BCUT2D eigenvalue weighted by molar-refractivity contribution is 5.16. The zero-order chi connectivity index (χ0) is 11.4. The fourth-order valence-electron chi connectivity index (χ4n) is 5.27. The lowest BCUT2D eigenvalue weighted by molar-refractivity contribution is -0.0144. The van der Waals surface area contributed by atoms with Crippen molar-refractivity contribution in [2.75, 3.05) is 0 Å². The Kier molecular flexibility index (Phi) is 2.25. The molecule has 0 bridgehead atoms. The summed E-state index contributed by atoms with van der Waals surface area (Å²) in [6, 6.07) is 0.